The summed E-state index contributed by atoms with van der Waals surface area (Å²) in [6.45, 7) is 0. The molecule has 0 fully saturated rings. The molecule has 0 unspecified atom stereocenters. The van der Waals surface area contributed by atoms with E-state index in [1.807, 2.05) is 6.07 Å². The number of aromatic hydroxyl groups is 1. The lowest BCUT2D eigenvalue weighted by molar-refractivity contribution is 0.482. The Morgan fingerprint density at radius 2 is 2.27 bits per heavy atom. The Morgan fingerprint density at radius 1 is 1.45 bits per heavy atom. The fourth-order valence-corrected chi connectivity index (χ4v) is 1.69. The lowest BCUT2D eigenvalue weighted by Gasteiger charge is -1.91. The molecule has 1 aromatic heterocycles. The Kier molecular flexibility index (Phi) is 1.22. The third kappa shape index (κ3) is 0.832. The van der Waals surface area contributed by atoms with E-state index in [0.29, 0.717) is 5.82 Å². The highest BCUT2D eigenvalue weighted by atomic mass is 32.1. The second-order valence-electron chi connectivity index (χ2n) is 2.22. The lowest BCUT2D eigenvalue weighted by Crippen LogP contribution is -1.82. The number of fused-ring (bicyclic) bond motifs is 1. The van der Waals surface area contributed by atoms with E-state index in [-0.39, 0.29) is 5.75 Å². The van der Waals surface area contributed by atoms with E-state index in [4.69, 9.17) is 5.73 Å². The Balaban J connectivity index is 2.94. The number of phenolic OH excluding ortho intramolecular Hbond substituents is 1. The summed E-state index contributed by atoms with van der Waals surface area (Å²) < 4.78 is 4.67. The first-order valence-electron chi connectivity index (χ1n) is 3.12. The van der Waals surface area contributed by atoms with Crippen LogP contribution < -0.4 is 5.73 Å². The fraction of sp³-hybridized carbons (Fsp3) is 0. The van der Waals surface area contributed by atoms with E-state index in [9.17, 15) is 5.11 Å². The van der Waals surface area contributed by atoms with Crippen molar-refractivity contribution in [3.63, 3.8) is 0 Å². The summed E-state index contributed by atoms with van der Waals surface area (Å²) in [5, 5.41) is 10.1. The van der Waals surface area contributed by atoms with Gasteiger partial charge in [-0.05, 0) is 23.7 Å². The first kappa shape index (κ1) is 6.42. The Hall–Kier alpha value is -1.29. The molecule has 0 amide bonds. The molecule has 0 saturated heterocycles. The van der Waals surface area contributed by atoms with E-state index in [2.05, 4.69) is 4.37 Å². The Labute approximate surface area is 67.2 Å². The highest BCUT2D eigenvalue weighted by Crippen LogP contribution is 2.31. The molecule has 3 N–H and O–H groups in total. The van der Waals surface area contributed by atoms with Gasteiger partial charge < -0.3 is 10.8 Å². The topological polar surface area (TPSA) is 59.1 Å². The van der Waals surface area contributed by atoms with Crippen LogP contribution in [-0.4, -0.2) is 9.48 Å². The number of nitrogen functional groups attached to an aromatic ring is 1. The van der Waals surface area contributed by atoms with Gasteiger partial charge in [0.05, 0.1) is 4.70 Å². The monoisotopic (exact) mass is 166 g/mol. The van der Waals surface area contributed by atoms with Gasteiger partial charge >= 0.3 is 0 Å². The van der Waals surface area contributed by atoms with E-state index in [1.54, 1.807) is 12.1 Å². The van der Waals surface area contributed by atoms with Crippen molar-refractivity contribution in [1.82, 2.24) is 4.37 Å². The van der Waals surface area contributed by atoms with E-state index >= 15 is 0 Å². The minimum Gasteiger partial charge on any atom is -0.506 e. The summed E-state index contributed by atoms with van der Waals surface area (Å²) in [6.07, 6.45) is 0. The molecule has 0 atom stereocenters. The van der Waals surface area contributed by atoms with Gasteiger partial charge in [0.25, 0.3) is 0 Å². The summed E-state index contributed by atoms with van der Waals surface area (Å²) in [5.41, 5.74) is 5.53. The molecular formula is C7H6N2OS. The third-order valence-electron chi connectivity index (χ3n) is 1.51. The van der Waals surface area contributed by atoms with Crippen LogP contribution in [-0.2, 0) is 0 Å². The van der Waals surface area contributed by atoms with Crippen LogP contribution in [0.5, 0.6) is 5.75 Å². The van der Waals surface area contributed by atoms with Crippen LogP contribution in [0.15, 0.2) is 18.2 Å². The molecule has 3 nitrogen and oxygen atoms in total. The van der Waals surface area contributed by atoms with Gasteiger partial charge in [-0.15, -0.1) is 0 Å². The normalized spacial score (nSPS) is 10.5. The number of rotatable bonds is 0. The smallest absolute Gasteiger partial charge is 0.145 e. The van der Waals surface area contributed by atoms with Gasteiger partial charge in [0.2, 0.25) is 0 Å². The molecule has 56 valence electrons. The average molecular weight is 166 g/mol. The second kappa shape index (κ2) is 2.10. The standard InChI is InChI=1S/C7H6N2OS/c8-7-4-2-1-3-5(10)6(4)11-9-7/h1-3,10H,(H2,8,9). The molecule has 0 saturated carbocycles. The summed E-state index contributed by atoms with van der Waals surface area (Å²) in [5.74, 6) is 0.734. The number of aromatic nitrogens is 1. The zero-order valence-electron chi connectivity index (χ0n) is 5.61. The fourth-order valence-electron chi connectivity index (χ4n) is 0.966. The molecule has 4 heteroatoms. The van der Waals surface area contributed by atoms with Crippen molar-refractivity contribution in [2.24, 2.45) is 0 Å². The molecule has 0 aliphatic heterocycles. The number of nitrogens with zero attached hydrogens (tertiary/aromatic N) is 1. The van der Waals surface area contributed by atoms with Crippen molar-refractivity contribution >= 4 is 27.4 Å². The van der Waals surface area contributed by atoms with Crippen molar-refractivity contribution in [2.45, 2.75) is 0 Å². The van der Waals surface area contributed by atoms with Crippen molar-refractivity contribution in [3.8, 4) is 5.75 Å². The minimum absolute atomic E-state index is 0.247. The van der Waals surface area contributed by atoms with Crippen LogP contribution in [0.2, 0.25) is 0 Å². The molecule has 2 aromatic rings. The Morgan fingerprint density at radius 3 is 3.00 bits per heavy atom. The molecule has 0 bridgehead atoms. The van der Waals surface area contributed by atoms with Gasteiger partial charge in [-0.1, -0.05) is 6.07 Å². The zero-order valence-corrected chi connectivity index (χ0v) is 6.43. The number of phenols is 1. The largest absolute Gasteiger partial charge is 0.506 e. The predicted octanol–water partition coefficient (Wildman–Crippen LogP) is 1.58. The molecule has 0 aliphatic carbocycles. The van der Waals surface area contributed by atoms with Gasteiger partial charge in [0.1, 0.15) is 11.6 Å². The summed E-state index contributed by atoms with van der Waals surface area (Å²) in [7, 11) is 0. The lowest BCUT2D eigenvalue weighted by atomic mass is 10.2. The third-order valence-corrected chi connectivity index (χ3v) is 2.41. The van der Waals surface area contributed by atoms with Crippen LogP contribution in [0, 0.1) is 0 Å². The highest BCUT2D eigenvalue weighted by molar-refractivity contribution is 7.14. The molecule has 1 aromatic carbocycles. The number of nitrogens with two attached hydrogens (primary N) is 1. The van der Waals surface area contributed by atoms with Gasteiger partial charge in [0.15, 0.2) is 0 Å². The number of benzene rings is 1. The van der Waals surface area contributed by atoms with Gasteiger partial charge in [-0.25, -0.2) is 0 Å². The SMILES string of the molecule is Nc1nsc2c(O)cccc12. The van der Waals surface area contributed by atoms with Crippen molar-refractivity contribution < 1.29 is 5.11 Å². The van der Waals surface area contributed by atoms with Crippen LogP contribution in [0.25, 0.3) is 10.1 Å². The van der Waals surface area contributed by atoms with E-state index < -0.39 is 0 Å². The zero-order chi connectivity index (χ0) is 7.84. The summed E-state index contributed by atoms with van der Waals surface area (Å²) >= 11 is 1.22. The molecule has 1 heterocycles. The highest BCUT2D eigenvalue weighted by Gasteiger charge is 2.04. The number of anilines is 1. The van der Waals surface area contributed by atoms with E-state index in [0.717, 1.165) is 10.1 Å². The van der Waals surface area contributed by atoms with Crippen LogP contribution in [0.4, 0.5) is 5.82 Å². The molecule has 0 radical (unpaired) electrons. The molecule has 0 spiro atoms. The van der Waals surface area contributed by atoms with Crippen molar-refractivity contribution in [2.75, 3.05) is 5.73 Å². The average Bonchev–Trinajstić information content (AvgIpc) is 2.35. The molecule has 2 rings (SSSR count). The van der Waals surface area contributed by atoms with Crippen molar-refractivity contribution in [1.29, 1.82) is 0 Å². The van der Waals surface area contributed by atoms with E-state index in [1.165, 1.54) is 11.5 Å². The minimum atomic E-state index is 0.247. The summed E-state index contributed by atoms with van der Waals surface area (Å²) in [4.78, 5) is 0. The summed E-state index contributed by atoms with van der Waals surface area (Å²) in [6, 6.07) is 5.22. The molecule has 11 heavy (non-hydrogen) atoms. The molecular weight excluding hydrogens is 160 g/mol. The van der Waals surface area contributed by atoms with Gasteiger partial charge in [-0.2, -0.15) is 4.37 Å². The maximum Gasteiger partial charge on any atom is 0.145 e. The van der Waals surface area contributed by atoms with Crippen LogP contribution in [0.3, 0.4) is 0 Å². The number of hydrogen-bond donors (Lipinski definition) is 2. The first-order valence-corrected chi connectivity index (χ1v) is 3.89. The molecule has 0 aliphatic rings. The van der Waals surface area contributed by atoms with Crippen LogP contribution in [0.1, 0.15) is 0 Å². The second-order valence-corrected chi connectivity index (χ2v) is 3.00. The Bertz CT molecular complexity index is 396. The maximum absolute atomic E-state index is 9.30. The van der Waals surface area contributed by atoms with Gasteiger partial charge in [-0.3, -0.25) is 0 Å². The van der Waals surface area contributed by atoms with Gasteiger partial charge in [0, 0.05) is 5.39 Å². The first-order chi connectivity index (χ1) is 5.29. The maximum atomic E-state index is 9.30. The quantitative estimate of drug-likeness (QED) is 0.624. The van der Waals surface area contributed by atoms with Crippen molar-refractivity contribution in [3.05, 3.63) is 18.2 Å². The number of hydrogen-bond acceptors (Lipinski definition) is 4. The predicted molar refractivity (Wildman–Crippen MR) is 45.7 cm³/mol. The van der Waals surface area contributed by atoms with Crippen LogP contribution >= 0.6 is 11.5 Å².